The number of nitrogens with one attached hydrogen (secondary N) is 1. The van der Waals surface area contributed by atoms with Gasteiger partial charge >= 0.3 is 0 Å². The number of anilines is 1. The van der Waals surface area contributed by atoms with E-state index in [0.29, 0.717) is 0 Å². The third kappa shape index (κ3) is 4.51. The summed E-state index contributed by atoms with van der Waals surface area (Å²) < 4.78 is 6.14. The Bertz CT molecular complexity index is 633. The Balaban J connectivity index is 2.01. The molecular weight excluding hydrogens is 350 g/mol. The van der Waals surface area contributed by atoms with Gasteiger partial charge in [0.15, 0.2) is 0 Å². The van der Waals surface area contributed by atoms with Gasteiger partial charge in [0.05, 0.1) is 12.4 Å². The molecule has 0 bridgehead atoms. The van der Waals surface area contributed by atoms with Crippen molar-refractivity contribution in [2.75, 3.05) is 12.4 Å². The predicted molar refractivity (Wildman–Crippen MR) is 91.1 cm³/mol. The fraction of sp³-hybridized carbons (Fsp3) is 0.188. The molecule has 0 heterocycles. The van der Waals surface area contributed by atoms with Crippen LogP contribution in [-0.2, 0) is 4.79 Å². The Kier molecular flexibility index (Phi) is 5.70. The molecule has 1 N–H and O–H groups in total. The Morgan fingerprint density at radius 3 is 2.71 bits per heavy atom. The van der Waals surface area contributed by atoms with E-state index in [0.717, 1.165) is 20.8 Å². The molecule has 21 heavy (non-hydrogen) atoms. The third-order valence-electron chi connectivity index (χ3n) is 2.85. The Morgan fingerprint density at radius 2 is 2.00 bits per heavy atom. The number of carbonyl (C=O) groups excluding carboxylic acids is 1. The smallest absolute Gasteiger partial charge is 0.237 e. The summed E-state index contributed by atoms with van der Waals surface area (Å²) in [5.74, 6) is 0.683. The van der Waals surface area contributed by atoms with Gasteiger partial charge in [-0.25, -0.2) is 0 Å². The normalized spacial score (nSPS) is 11.8. The summed E-state index contributed by atoms with van der Waals surface area (Å²) in [6, 6.07) is 15.2. The van der Waals surface area contributed by atoms with E-state index in [1.807, 2.05) is 49.4 Å². The van der Waals surface area contributed by atoms with E-state index in [1.54, 1.807) is 13.2 Å². The van der Waals surface area contributed by atoms with Gasteiger partial charge in [0.25, 0.3) is 0 Å². The van der Waals surface area contributed by atoms with Crippen LogP contribution in [0.2, 0.25) is 0 Å². The molecule has 0 aliphatic heterocycles. The number of carbonyl (C=O) groups is 1. The number of hydrogen-bond donors (Lipinski definition) is 1. The minimum absolute atomic E-state index is 0.0380. The lowest BCUT2D eigenvalue weighted by Crippen LogP contribution is -2.22. The number of rotatable bonds is 5. The molecule has 3 nitrogen and oxygen atoms in total. The van der Waals surface area contributed by atoms with Gasteiger partial charge in [0.2, 0.25) is 5.91 Å². The number of ether oxygens (including phenoxy) is 1. The molecule has 0 saturated carbocycles. The van der Waals surface area contributed by atoms with E-state index in [9.17, 15) is 4.79 Å². The molecular formula is C16H16BrNO2S. The second-order valence-electron chi connectivity index (χ2n) is 4.41. The van der Waals surface area contributed by atoms with Crippen molar-refractivity contribution in [3.63, 3.8) is 0 Å². The largest absolute Gasteiger partial charge is 0.497 e. The van der Waals surface area contributed by atoms with Crippen molar-refractivity contribution in [3.8, 4) is 5.75 Å². The molecule has 5 heteroatoms. The molecule has 2 aromatic rings. The van der Waals surface area contributed by atoms with Crippen LogP contribution in [0.4, 0.5) is 5.69 Å². The third-order valence-corrected chi connectivity index (χ3v) is 4.98. The molecule has 0 aliphatic carbocycles. The van der Waals surface area contributed by atoms with Gasteiger partial charge in [-0.1, -0.05) is 18.2 Å². The highest BCUT2D eigenvalue weighted by atomic mass is 79.9. The van der Waals surface area contributed by atoms with E-state index in [1.165, 1.54) is 11.8 Å². The lowest BCUT2D eigenvalue weighted by molar-refractivity contribution is -0.115. The molecule has 1 atom stereocenters. The maximum atomic E-state index is 12.2. The Morgan fingerprint density at radius 1 is 1.24 bits per heavy atom. The summed E-state index contributed by atoms with van der Waals surface area (Å²) in [4.78, 5) is 13.3. The monoisotopic (exact) mass is 365 g/mol. The quantitative estimate of drug-likeness (QED) is 0.788. The van der Waals surface area contributed by atoms with Crippen molar-refractivity contribution < 1.29 is 9.53 Å². The van der Waals surface area contributed by atoms with Crippen molar-refractivity contribution >= 4 is 39.3 Å². The van der Waals surface area contributed by atoms with Gasteiger partial charge < -0.3 is 10.1 Å². The highest BCUT2D eigenvalue weighted by Crippen LogP contribution is 2.30. The van der Waals surface area contributed by atoms with Crippen LogP contribution in [-0.4, -0.2) is 18.3 Å². The van der Waals surface area contributed by atoms with Crippen LogP contribution in [0, 0.1) is 0 Å². The first-order valence-corrected chi connectivity index (χ1v) is 8.13. The summed E-state index contributed by atoms with van der Waals surface area (Å²) in [7, 11) is 1.60. The van der Waals surface area contributed by atoms with Crippen molar-refractivity contribution in [3.05, 3.63) is 53.0 Å². The second-order valence-corrected chi connectivity index (χ2v) is 6.65. The van der Waals surface area contributed by atoms with Crippen LogP contribution in [0.25, 0.3) is 0 Å². The predicted octanol–water partition coefficient (Wildman–Crippen LogP) is 4.58. The first-order chi connectivity index (χ1) is 10.1. The highest BCUT2D eigenvalue weighted by molar-refractivity contribution is 9.10. The molecule has 0 aliphatic rings. The fourth-order valence-electron chi connectivity index (χ4n) is 1.73. The minimum atomic E-state index is -0.199. The molecule has 0 saturated heterocycles. The van der Waals surface area contributed by atoms with E-state index in [4.69, 9.17) is 4.74 Å². The maximum Gasteiger partial charge on any atom is 0.237 e. The Labute approximate surface area is 137 Å². The summed E-state index contributed by atoms with van der Waals surface area (Å²) in [5.41, 5.74) is 0.735. The van der Waals surface area contributed by atoms with Crippen LogP contribution in [0.5, 0.6) is 5.75 Å². The van der Waals surface area contributed by atoms with Crippen molar-refractivity contribution in [1.29, 1.82) is 0 Å². The number of methoxy groups -OCH3 is 1. The SMILES string of the molecule is COc1cccc(NC(=O)C(C)Sc2ccccc2Br)c1. The average molecular weight is 366 g/mol. The molecule has 2 rings (SSSR count). The first kappa shape index (κ1) is 15.9. The molecule has 0 fully saturated rings. The standard InChI is InChI=1S/C16H16BrNO2S/c1-11(21-15-9-4-3-8-14(15)17)16(19)18-12-6-5-7-13(10-12)20-2/h3-11H,1-2H3,(H,18,19). The zero-order valence-corrected chi connectivity index (χ0v) is 14.2. The van der Waals surface area contributed by atoms with E-state index >= 15 is 0 Å². The highest BCUT2D eigenvalue weighted by Gasteiger charge is 2.15. The van der Waals surface area contributed by atoms with Crippen LogP contribution < -0.4 is 10.1 Å². The van der Waals surface area contributed by atoms with E-state index in [2.05, 4.69) is 21.2 Å². The molecule has 0 spiro atoms. The molecule has 0 radical (unpaired) electrons. The van der Waals surface area contributed by atoms with Crippen LogP contribution in [0.3, 0.4) is 0 Å². The summed E-state index contributed by atoms with van der Waals surface area (Å²) in [6.45, 7) is 1.89. The minimum Gasteiger partial charge on any atom is -0.497 e. The van der Waals surface area contributed by atoms with Gasteiger partial charge in [-0.05, 0) is 47.1 Å². The van der Waals surface area contributed by atoms with Gasteiger partial charge in [0, 0.05) is 21.1 Å². The van der Waals surface area contributed by atoms with Gasteiger partial charge in [-0.2, -0.15) is 0 Å². The van der Waals surface area contributed by atoms with Crippen molar-refractivity contribution in [2.45, 2.75) is 17.1 Å². The number of benzene rings is 2. The lowest BCUT2D eigenvalue weighted by atomic mass is 10.3. The van der Waals surface area contributed by atoms with Crippen LogP contribution in [0.1, 0.15) is 6.92 Å². The molecule has 0 aromatic heterocycles. The second kappa shape index (κ2) is 7.52. The van der Waals surface area contributed by atoms with Crippen molar-refractivity contribution in [2.24, 2.45) is 0 Å². The van der Waals surface area contributed by atoms with Gasteiger partial charge in [-0.15, -0.1) is 11.8 Å². The molecule has 1 amide bonds. The number of halogens is 1. The Hall–Kier alpha value is -1.46. The summed E-state index contributed by atoms with van der Waals surface area (Å²) >= 11 is 5.01. The maximum absolute atomic E-state index is 12.2. The first-order valence-electron chi connectivity index (χ1n) is 6.46. The summed E-state index contributed by atoms with van der Waals surface area (Å²) in [5, 5.41) is 2.70. The lowest BCUT2D eigenvalue weighted by Gasteiger charge is -2.13. The number of amides is 1. The van der Waals surface area contributed by atoms with E-state index in [-0.39, 0.29) is 11.2 Å². The topological polar surface area (TPSA) is 38.3 Å². The van der Waals surface area contributed by atoms with Gasteiger partial charge in [0.1, 0.15) is 5.75 Å². The van der Waals surface area contributed by atoms with E-state index < -0.39 is 0 Å². The van der Waals surface area contributed by atoms with Crippen molar-refractivity contribution in [1.82, 2.24) is 0 Å². The number of hydrogen-bond acceptors (Lipinski definition) is 3. The molecule has 1 unspecified atom stereocenters. The van der Waals surface area contributed by atoms with Gasteiger partial charge in [-0.3, -0.25) is 4.79 Å². The van der Waals surface area contributed by atoms with Crippen LogP contribution >= 0.6 is 27.7 Å². The average Bonchev–Trinajstić information content (AvgIpc) is 2.49. The fourth-order valence-corrected chi connectivity index (χ4v) is 3.18. The number of thioether (sulfide) groups is 1. The van der Waals surface area contributed by atoms with Crippen LogP contribution in [0.15, 0.2) is 57.9 Å². The summed E-state index contributed by atoms with van der Waals surface area (Å²) in [6.07, 6.45) is 0. The molecule has 110 valence electrons. The zero-order chi connectivity index (χ0) is 15.2. The zero-order valence-electron chi connectivity index (χ0n) is 11.8. The molecule has 2 aromatic carbocycles.